The van der Waals surface area contributed by atoms with Crippen molar-refractivity contribution in [1.82, 2.24) is 20.4 Å². The zero-order valence-electron chi connectivity index (χ0n) is 12.6. The van der Waals surface area contributed by atoms with Crippen molar-refractivity contribution in [2.45, 2.75) is 31.3 Å². The molecule has 4 aliphatic rings. The monoisotopic (exact) mass is 327 g/mol. The smallest absolute Gasteiger partial charge is 0.266 e. The lowest BCUT2D eigenvalue weighted by molar-refractivity contribution is -0.248. The van der Waals surface area contributed by atoms with Crippen molar-refractivity contribution in [3.05, 3.63) is 11.5 Å². The van der Waals surface area contributed by atoms with Crippen molar-refractivity contribution in [3.8, 4) is 0 Å². The summed E-state index contributed by atoms with van der Waals surface area (Å²) in [7, 11) is 0. The summed E-state index contributed by atoms with van der Waals surface area (Å²) in [5.41, 5.74) is 0.970. The van der Waals surface area contributed by atoms with Crippen LogP contribution in [0.15, 0.2) is 16.5 Å². The summed E-state index contributed by atoms with van der Waals surface area (Å²) in [6.45, 7) is 1.08. The highest BCUT2D eigenvalue weighted by molar-refractivity contribution is 6.00. The van der Waals surface area contributed by atoms with Crippen LogP contribution < -0.4 is 10.6 Å². The molecule has 2 unspecified atom stereocenters. The van der Waals surface area contributed by atoms with Crippen molar-refractivity contribution >= 4 is 5.84 Å². The molecular weight excluding hydrogens is 306 g/mol. The molecule has 3 saturated heterocycles. The lowest BCUT2D eigenvalue weighted by atomic mass is 10.2. The lowest BCUT2D eigenvalue weighted by Gasteiger charge is -2.28. The molecule has 0 aromatic heterocycles. The van der Waals surface area contributed by atoms with Crippen molar-refractivity contribution in [1.29, 1.82) is 0 Å². The fourth-order valence-electron chi connectivity index (χ4n) is 3.37. The average Bonchev–Trinajstić information content (AvgIpc) is 3.21. The molecule has 0 aromatic rings. The van der Waals surface area contributed by atoms with Crippen LogP contribution in [0.3, 0.4) is 0 Å². The van der Waals surface area contributed by atoms with E-state index in [0.29, 0.717) is 19.8 Å². The van der Waals surface area contributed by atoms with Crippen LogP contribution >= 0.6 is 0 Å². The number of amidine groups is 1. The summed E-state index contributed by atoms with van der Waals surface area (Å²) in [4.78, 5) is 8.78. The van der Waals surface area contributed by atoms with Crippen LogP contribution in [0.5, 0.6) is 0 Å². The molecule has 4 aliphatic heterocycles. The average molecular weight is 327 g/mol. The number of nitrogens with one attached hydrogen (secondary N) is 2. The fraction of sp³-hybridized carbons (Fsp3) is 0.769. The van der Waals surface area contributed by atoms with E-state index in [1.165, 1.54) is 0 Å². The minimum absolute atomic E-state index is 0.0770. The molecule has 0 aromatic carbocycles. The highest BCUT2D eigenvalue weighted by Crippen LogP contribution is 2.29. The Balaban J connectivity index is 1.45. The van der Waals surface area contributed by atoms with E-state index < -0.39 is 18.7 Å². The molecule has 0 aliphatic carbocycles. The molecule has 0 radical (unpaired) electrons. The number of ether oxygens (including phenoxy) is 2. The maximum Gasteiger partial charge on any atom is 0.266 e. The second-order valence-electron chi connectivity index (χ2n) is 5.93. The third-order valence-corrected chi connectivity index (χ3v) is 4.50. The van der Waals surface area contributed by atoms with E-state index in [-0.39, 0.29) is 12.8 Å². The number of nitrogens with zero attached hydrogens (tertiary/aromatic N) is 3. The fourth-order valence-corrected chi connectivity index (χ4v) is 3.37. The van der Waals surface area contributed by atoms with Crippen LogP contribution in [0.2, 0.25) is 0 Å². The van der Waals surface area contributed by atoms with E-state index in [4.69, 9.17) is 19.7 Å². The van der Waals surface area contributed by atoms with Gasteiger partial charge in [0, 0.05) is 19.5 Å². The van der Waals surface area contributed by atoms with Gasteiger partial charge in [0.1, 0.15) is 30.5 Å². The summed E-state index contributed by atoms with van der Waals surface area (Å²) in [6.07, 6.45) is -1.23. The molecule has 0 bridgehead atoms. The molecule has 0 spiro atoms. The maximum atomic E-state index is 10.1. The van der Waals surface area contributed by atoms with Gasteiger partial charge in [0.15, 0.2) is 5.84 Å². The summed E-state index contributed by atoms with van der Waals surface area (Å²) in [5, 5.41) is 34.3. The number of aliphatic hydroxyl groups excluding tert-OH is 2. The first-order valence-electron chi connectivity index (χ1n) is 7.73. The highest BCUT2D eigenvalue weighted by Gasteiger charge is 2.43. The van der Waals surface area contributed by atoms with Crippen LogP contribution in [0.1, 0.15) is 6.42 Å². The number of aliphatic hydroxyl groups is 3. The summed E-state index contributed by atoms with van der Waals surface area (Å²) in [5.74, 6) is 1.91. The zero-order valence-corrected chi connectivity index (χ0v) is 12.6. The van der Waals surface area contributed by atoms with Crippen LogP contribution in [-0.4, -0.2) is 88.9 Å². The van der Waals surface area contributed by atoms with Gasteiger partial charge in [-0.25, -0.2) is 4.99 Å². The van der Waals surface area contributed by atoms with Gasteiger partial charge in [-0.3, -0.25) is 0 Å². The largest absolute Gasteiger partial charge is 0.390 e. The van der Waals surface area contributed by atoms with Gasteiger partial charge in [0.25, 0.3) is 6.48 Å². The van der Waals surface area contributed by atoms with Crippen molar-refractivity contribution in [2.75, 3.05) is 33.0 Å². The number of rotatable bonds is 4. The van der Waals surface area contributed by atoms with E-state index >= 15 is 0 Å². The molecule has 23 heavy (non-hydrogen) atoms. The third kappa shape index (κ3) is 2.62. The Morgan fingerprint density at radius 3 is 3.09 bits per heavy atom. The molecule has 5 N–H and O–H groups in total. The van der Waals surface area contributed by atoms with Gasteiger partial charge in [-0.2, -0.15) is 0 Å². The summed E-state index contributed by atoms with van der Waals surface area (Å²) in [6, 6.07) is 0. The highest BCUT2D eigenvalue weighted by atomic mass is 16.7. The number of hydrogen-bond donors (Lipinski definition) is 5. The first kappa shape index (κ1) is 15.0. The third-order valence-electron chi connectivity index (χ3n) is 4.50. The SMILES string of the molecule is OC(O)OCC1O[C@@H](N2CNC3=C4NCCN4CN=C32)CC1O. The van der Waals surface area contributed by atoms with E-state index in [2.05, 4.69) is 20.5 Å². The van der Waals surface area contributed by atoms with E-state index in [9.17, 15) is 5.11 Å². The Bertz CT molecular complexity index is 539. The number of aliphatic imine (C=N–C) groups is 1. The quantitative estimate of drug-likeness (QED) is 0.345. The first-order chi connectivity index (χ1) is 11.1. The van der Waals surface area contributed by atoms with Crippen LogP contribution in [0.25, 0.3) is 0 Å². The molecule has 4 rings (SSSR count). The molecular formula is C13H21N5O5. The van der Waals surface area contributed by atoms with Crippen molar-refractivity contribution in [3.63, 3.8) is 0 Å². The Labute approximate surface area is 133 Å². The predicted molar refractivity (Wildman–Crippen MR) is 77.3 cm³/mol. The van der Waals surface area contributed by atoms with Crippen LogP contribution in [0, 0.1) is 0 Å². The second kappa shape index (κ2) is 5.80. The molecule has 10 heteroatoms. The zero-order chi connectivity index (χ0) is 16.0. The topological polar surface area (TPSA) is 122 Å². The maximum absolute atomic E-state index is 10.1. The van der Waals surface area contributed by atoms with Crippen molar-refractivity contribution in [2.24, 2.45) is 4.99 Å². The Kier molecular flexibility index (Phi) is 3.77. The molecule has 128 valence electrons. The van der Waals surface area contributed by atoms with Gasteiger partial charge >= 0.3 is 0 Å². The van der Waals surface area contributed by atoms with Crippen LogP contribution in [-0.2, 0) is 9.47 Å². The molecule has 4 heterocycles. The number of hydrogen-bond acceptors (Lipinski definition) is 10. The summed E-state index contributed by atoms with van der Waals surface area (Å²) >= 11 is 0. The minimum atomic E-state index is -1.86. The predicted octanol–water partition coefficient (Wildman–Crippen LogP) is -2.95. The van der Waals surface area contributed by atoms with Gasteiger partial charge in [-0.05, 0) is 0 Å². The first-order valence-corrected chi connectivity index (χ1v) is 7.73. The summed E-state index contributed by atoms with van der Waals surface area (Å²) < 4.78 is 10.5. The molecule has 10 nitrogen and oxygen atoms in total. The van der Waals surface area contributed by atoms with Crippen molar-refractivity contribution < 1.29 is 24.8 Å². The van der Waals surface area contributed by atoms with Gasteiger partial charge in [0.05, 0.1) is 19.4 Å². The molecule has 3 atom stereocenters. The van der Waals surface area contributed by atoms with E-state index in [1.54, 1.807) is 0 Å². The normalized spacial score (nSPS) is 32.9. The molecule has 0 amide bonds. The van der Waals surface area contributed by atoms with Gasteiger partial charge in [-0.15, -0.1) is 0 Å². The Morgan fingerprint density at radius 1 is 1.39 bits per heavy atom. The molecule has 0 saturated carbocycles. The van der Waals surface area contributed by atoms with E-state index in [1.807, 2.05) is 4.90 Å². The van der Waals surface area contributed by atoms with Crippen LogP contribution in [0.4, 0.5) is 0 Å². The van der Waals surface area contributed by atoms with E-state index in [0.717, 1.165) is 30.4 Å². The minimum Gasteiger partial charge on any atom is -0.390 e. The Hall–Kier alpha value is -1.59. The second-order valence-corrected chi connectivity index (χ2v) is 5.93. The standard InChI is InChI=1S/C13H21N5O5/c19-7-3-9(23-8(7)4-22-13(20)21)18-6-15-10-11-14-1-2-17(11)5-16-12(10)18/h7-9,13-15,19-21H,1-6H2/t7?,8?,9-/m1/s1. The number of fused-ring (bicyclic) bond motifs is 2. The molecule has 3 fully saturated rings. The lowest BCUT2D eigenvalue weighted by Crippen LogP contribution is -2.40. The van der Waals surface area contributed by atoms with Gasteiger partial charge < -0.3 is 45.2 Å². The van der Waals surface area contributed by atoms with Gasteiger partial charge in [-0.1, -0.05) is 0 Å². The van der Waals surface area contributed by atoms with Gasteiger partial charge in [0.2, 0.25) is 0 Å². The Morgan fingerprint density at radius 2 is 2.26 bits per heavy atom.